The van der Waals surface area contributed by atoms with Crippen LogP contribution >= 0.6 is 0 Å². The van der Waals surface area contributed by atoms with Gasteiger partial charge in [-0.25, -0.2) is 4.98 Å². The summed E-state index contributed by atoms with van der Waals surface area (Å²) < 4.78 is 8.16. The zero-order chi connectivity index (χ0) is 20.1. The van der Waals surface area contributed by atoms with Crippen LogP contribution in [0.25, 0.3) is 11.0 Å². The minimum atomic E-state index is -0.160. The predicted molar refractivity (Wildman–Crippen MR) is 113 cm³/mol. The van der Waals surface area contributed by atoms with Gasteiger partial charge >= 0.3 is 0 Å². The molecule has 1 heterocycles. The van der Waals surface area contributed by atoms with Crippen LogP contribution in [0.4, 0.5) is 0 Å². The monoisotopic (exact) mass is 379 g/mol. The molecule has 5 heteroatoms. The average Bonchev–Trinajstić information content (AvgIpc) is 3.00. The van der Waals surface area contributed by atoms with E-state index in [0.717, 1.165) is 29.0 Å². The van der Waals surface area contributed by atoms with Gasteiger partial charge in [0.1, 0.15) is 18.2 Å². The van der Waals surface area contributed by atoms with Crippen LogP contribution in [0, 0.1) is 13.8 Å². The van der Waals surface area contributed by atoms with Crippen molar-refractivity contribution < 1.29 is 9.53 Å². The largest absolute Gasteiger partial charge is 0.492 e. The lowest BCUT2D eigenvalue weighted by atomic mass is 10.1. The number of aryl methyl sites for hydroxylation is 2. The van der Waals surface area contributed by atoms with Crippen molar-refractivity contribution in [3.8, 4) is 5.75 Å². The lowest BCUT2D eigenvalue weighted by Crippen LogP contribution is -2.28. The molecule has 1 atom stereocenters. The molecule has 2 aromatic carbocycles. The summed E-state index contributed by atoms with van der Waals surface area (Å²) in [6, 6.07) is 14.1. The minimum absolute atomic E-state index is 0.0556. The number of hydrogen-bond acceptors (Lipinski definition) is 3. The number of para-hydroxylation sites is 2. The molecule has 0 radical (unpaired) electrons. The van der Waals surface area contributed by atoms with E-state index in [2.05, 4.69) is 35.9 Å². The number of carbonyl (C=O) groups excluding carboxylic acids is 1. The molecule has 28 heavy (non-hydrogen) atoms. The third-order valence-corrected chi connectivity index (χ3v) is 4.70. The second kappa shape index (κ2) is 8.91. The molecule has 0 aliphatic carbocycles. The first-order valence-electron chi connectivity index (χ1n) is 9.93. The summed E-state index contributed by atoms with van der Waals surface area (Å²) in [7, 11) is 0. The number of benzene rings is 2. The fraction of sp³-hybridized carbons (Fsp3) is 0.391. The van der Waals surface area contributed by atoms with Crippen molar-refractivity contribution in [1.82, 2.24) is 14.9 Å². The topological polar surface area (TPSA) is 56.2 Å². The first-order chi connectivity index (χ1) is 13.5. The zero-order valence-electron chi connectivity index (χ0n) is 17.2. The molecule has 3 rings (SSSR count). The molecule has 1 N–H and O–H groups in total. The van der Waals surface area contributed by atoms with E-state index in [1.807, 2.05) is 44.2 Å². The molecule has 5 nitrogen and oxygen atoms in total. The van der Waals surface area contributed by atoms with E-state index < -0.39 is 0 Å². The number of ether oxygens (including phenoxy) is 1. The van der Waals surface area contributed by atoms with Crippen LogP contribution in [0.5, 0.6) is 5.75 Å². The first kappa shape index (κ1) is 19.9. The highest BCUT2D eigenvalue weighted by Gasteiger charge is 2.18. The number of nitrogens with one attached hydrogen (secondary N) is 1. The number of rotatable bonds is 8. The Morgan fingerprint density at radius 1 is 1.18 bits per heavy atom. The van der Waals surface area contributed by atoms with E-state index in [4.69, 9.17) is 9.72 Å². The molecule has 0 saturated carbocycles. The second-order valence-corrected chi connectivity index (χ2v) is 7.32. The number of carbonyl (C=O) groups is 1. The standard InChI is InChI=1S/C23H29N3O2/c1-5-8-22(27)24-18(4)23-25-20-9-6-7-10-21(20)26(23)11-12-28-19-14-16(2)13-17(3)15-19/h6-7,9-10,13-15,18H,5,8,11-12H2,1-4H3,(H,24,27). The second-order valence-electron chi connectivity index (χ2n) is 7.32. The Morgan fingerprint density at radius 2 is 1.89 bits per heavy atom. The Kier molecular flexibility index (Phi) is 6.34. The maximum Gasteiger partial charge on any atom is 0.220 e. The summed E-state index contributed by atoms with van der Waals surface area (Å²) in [6.45, 7) is 9.33. The highest BCUT2D eigenvalue weighted by atomic mass is 16.5. The van der Waals surface area contributed by atoms with Crippen molar-refractivity contribution in [2.45, 2.75) is 53.1 Å². The quantitative estimate of drug-likeness (QED) is 0.617. The molecule has 148 valence electrons. The normalized spacial score (nSPS) is 12.1. The van der Waals surface area contributed by atoms with Gasteiger partial charge < -0.3 is 14.6 Å². The molecule has 1 aromatic heterocycles. The minimum Gasteiger partial charge on any atom is -0.492 e. The molecule has 0 aliphatic heterocycles. The summed E-state index contributed by atoms with van der Waals surface area (Å²) in [5.41, 5.74) is 4.37. The van der Waals surface area contributed by atoms with E-state index in [0.29, 0.717) is 19.6 Å². The van der Waals surface area contributed by atoms with Crippen LogP contribution in [0.1, 0.15) is 49.7 Å². The number of imidazole rings is 1. The SMILES string of the molecule is CCCC(=O)NC(C)c1nc2ccccc2n1CCOc1cc(C)cc(C)c1. The Bertz CT molecular complexity index is 941. The van der Waals surface area contributed by atoms with Crippen LogP contribution in [0.15, 0.2) is 42.5 Å². The summed E-state index contributed by atoms with van der Waals surface area (Å²) in [4.78, 5) is 16.8. The third kappa shape index (κ3) is 4.71. The summed E-state index contributed by atoms with van der Waals surface area (Å²) in [5, 5.41) is 3.06. The Hall–Kier alpha value is -2.82. The molecule has 3 aromatic rings. The van der Waals surface area contributed by atoms with Gasteiger partial charge in [-0.3, -0.25) is 4.79 Å². The van der Waals surface area contributed by atoms with Gasteiger partial charge in [0.2, 0.25) is 5.91 Å². The van der Waals surface area contributed by atoms with Gasteiger partial charge in [-0.1, -0.05) is 25.1 Å². The van der Waals surface area contributed by atoms with Crippen molar-refractivity contribution in [2.75, 3.05) is 6.61 Å². The van der Waals surface area contributed by atoms with Crippen LogP contribution in [-0.2, 0) is 11.3 Å². The highest BCUT2D eigenvalue weighted by molar-refractivity contribution is 5.78. The fourth-order valence-electron chi connectivity index (χ4n) is 3.54. The molecular formula is C23H29N3O2. The number of aromatic nitrogens is 2. The molecule has 0 spiro atoms. The van der Waals surface area contributed by atoms with Crippen molar-refractivity contribution in [3.05, 3.63) is 59.4 Å². The first-order valence-corrected chi connectivity index (χ1v) is 9.93. The van der Waals surface area contributed by atoms with Gasteiger partial charge in [0.05, 0.1) is 23.6 Å². The molecular weight excluding hydrogens is 350 g/mol. The summed E-state index contributed by atoms with van der Waals surface area (Å²) in [6.07, 6.45) is 1.36. The van der Waals surface area contributed by atoms with Crippen molar-refractivity contribution in [1.29, 1.82) is 0 Å². The van der Waals surface area contributed by atoms with Crippen LogP contribution in [0.3, 0.4) is 0 Å². The van der Waals surface area contributed by atoms with Gasteiger partial charge in [0.25, 0.3) is 0 Å². The zero-order valence-corrected chi connectivity index (χ0v) is 17.2. The summed E-state index contributed by atoms with van der Waals surface area (Å²) >= 11 is 0. The maximum atomic E-state index is 12.0. The average molecular weight is 380 g/mol. The highest BCUT2D eigenvalue weighted by Crippen LogP contribution is 2.22. The van der Waals surface area contributed by atoms with E-state index in [1.54, 1.807) is 0 Å². The van der Waals surface area contributed by atoms with E-state index in [1.165, 1.54) is 11.1 Å². The van der Waals surface area contributed by atoms with Crippen molar-refractivity contribution >= 4 is 16.9 Å². The predicted octanol–water partition coefficient (Wildman–Crippen LogP) is 4.71. The summed E-state index contributed by atoms with van der Waals surface area (Å²) in [5.74, 6) is 1.79. The van der Waals surface area contributed by atoms with Crippen LogP contribution in [0.2, 0.25) is 0 Å². The van der Waals surface area contributed by atoms with Gasteiger partial charge in [0, 0.05) is 6.42 Å². The Morgan fingerprint density at radius 3 is 2.61 bits per heavy atom. The van der Waals surface area contributed by atoms with Crippen LogP contribution < -0.4 is 10.1 Å². The Labute approximate surface area is 166 Å². The fourth-order valence-corrected chi connectivity index (χ4v) is 3.54. The molecule has 1 unspecified atom stereocenters. The molecule has 0 fully saturated rings. The van der Waals surface area contributed by atoms with Crippen molar-refractivity contribution in [2.24, 2.45) is 0 Å². The van der Waals surface area contributed by atoms with Crippen molar-refractivity contribution in [3.63, 3.8) is 0 Å². The van der Waals surface area contributed by atoms with Gasteiger partial charge in [-0.15, -0.1) is 0 Å². The Balaban J connectivity index is 1.79. The number of hydrogen-bond donors (Lipinski definition) is 1. The van der Waals surface area contributed by atoms with E-state index in [-0.39, 0.29) is 11.9 Å². The molecule has 0 bridgehead atoms. The van der Waals surface area contributed by atoms with Gasteiger partial charge in [-0.05, 0) is 62.6 Å². The van der Waals surface area contributed by atoms with E-state index >= 15 is 0 Å². The van der Waals surface area contributed by atoms with E-state index in [9.17, 15) is 4.79 Å². The van der Waals surface area contributed by atoms with Crippen LogP contribution in [-0.4, -0.2) is 22.1 Å². The number of amides is 1. The lowest BCUT2D eigenvalue weighted by molar-refractivity contribution is -0.121. The maximum absolute atomic E-state index is 12.0. The van der Waals surface area contributed by atoms with Gasteiger partial charge in [-0.2, -0.15) is 0 Å². The smallest absolute Gasteiger partial charge is 0.220 e. The molecule has 0 aliphatic rings. The number of fused-ring (bicyclic) bond motifs is 1. The van der Waals surface area contributed by atoms with Gasteiger partial charge in [0.15, 0.2) is 0 Å². The number of nitrogens with zero attached hydrogens (tertiary/aromatic N) is 2. The molecule has 0 saturated heterocycles. The molecule has 1 amide bonds. The lowest BCUT2D eigenvalue weighted by Gasteiger charge is -2.17. The third-order valence-electron chi connectivity index (χ3n) is 4.70.